The molecule has 1 amide bonds. The molecule has 0 bridgehead atoms. The Morgan fingerprint density at radius 3 is 2.65 bits per heavy atom. The summed E-state index contributed by atoms with van der Waals surface area (Å²) in [5.74, 6) is 0.437. The summed E-state index contributed by atoms with van der Waals surface area (Å²) in [6.45, 7) is 1.64. The van der Waals surface area contributed by atoms with Gasteiger partial charge < -0.3 is 4.90 Å². The smallest absolute Gasteiger partial charge is 0.281 e. The van der Waals surface area contributed by atoms with Crippen molar-refractivity contribution in [3.63, 3.8) is 0 Å². The predicted molar refractivity (Wildman–Crippen MR) is 80.2 cm³/mol. The minimum absolute atomic E-state index is 0.0360. The fourth-order valence-electron chi connectivity index (χ4n) is 2.07. The zero-order valence-corrected chi connectivity index (χ0v) is 12.5. The van der Waals surface area contributed by atoms with Crippen LogP contribution in [0.15, 0.2) is 18.2 Å². The van der Waals surface area contributed by atoms with Gasteiger partial charge in [0.2, 0.25) is 0 Å². The van der Waals surface area contributed by atoms with Gasteiger partial charge in [-0.3, -0.25) is 14.9 Å². The van der Waals surface area contributed by atoms with E-state index in [1.165, 1.54) is 30.3 Å². The van der Waals surface area contributed by atoms with Crippen molar-refractivity contribution in [3.8, 4) is 0 Å². The lowest BCUT2D eigenvalue weighted by atomic mass is 10.1. The highest BCUT2D eigenvalue weighted by atomic mass is 35.5. The Morgan fingerprint density at radius 1 is 1.35 bits per heavy atom. The van der Waals surface area contributed by atoms with Crippen LogP contribution in [0, 0.1) is 10.1 Å². The van der Waals surface area contributed by atoms with Crippen LogP contribution in [-0.2, 0) is 5.75 Å². The van der Waals surface area contributed by atoms with Crippen LogP contribution in [0.2, 0.25) is 5.02 Å². The highest BCUT2D eigenvalue weighted by Crippen LogP contribution is 2.27. The van der Waals surface area contributed by atoms with E-state index in [4.69, 9.17) is 11.6 Å². The maximum Gasteiger partial charge on any atom is 0.281 e. The van der Waals surface area contributed by atoms with Gasteiger partial charge in [0, 0.05) is 31.0 Å². The molecule has 1 saturated heterocycles. The molecule has 0 aliphatic carbocycles. The molecule has 1 heterocycles. The Morgan fingerprint density at radius 2 is 2.05 bits per heavy atom. The Bertz CT molecular complexity index is 518. The van der Waals surface area contributed by atoms with Crippen molar-refractivity contribution in [2.75, 3.05) is 13.1 Å². The number of non-ortho nitro benzene ring substituents is 1. The molecule has 0 N–H and O–H groups in total. The number of nitro benzene ring substituents is 1. The Hall–Kier alpha value is -1.27. The molecular formula is C13H15ClN2O3S. The molecule has 20 heavy (non-hydrogen) atoms. The molecule has 108 valence electrons. The van der Waals surface area contributed by atoms with E-state index in [1.807, 2.05) is 4.90 Å². The molecule has 0 saturated carbocycles. The molecule has 1 aliphatic rings. The molecule has 0 aromatic heterocycles. The van der Waals surface area contributed by atoms with Gasteiger partial charge in [-0.15, -0.1) is 0 Å². The first kappa shape index (κ1) is 15.1. The minimum atomic E-state index is -0.484. The molecule has 1 aliphatic heterocycles. The van der Waals surface area contributed by atoms with Crippen LogP contribution in [0.3, 0.4) is 0 Å². The van der Waals surface area contributed by atoms with Crippen molar-refractivity contribution in [2.45, 2.75) is 25.0 Å². The molecule has 0 atom stereocenters. The number of carbonyl (C=O) groups is 1. The van der Waals surface area contributed by atoms with Gasteiger partial charge >= 0.3 is 0 Å². The maximum atomic E-state index is 12.0. The number of hydrogen-bond donors (Lipinski definition) is 0. The van der Waals surface area contributed by atoms with Crippen molar-refractivity contribution in [1.29, 1.82) is 0 Å². The topological polar surface area (TPSA) is 63.4 Å². The molecule has 1 fully saturated rings. The van der Waals surface area contributed by atoms with Gasteiger partial charge in [-0.25, -0.2) is 0 Å². The lowest BCUT2D eigenvalue weighted by molar-refractivity contribution is -0.384. The maximum absolute atomic E-state index is 12.0. The summed E-state index contributed by atoms with van der Waals surface area (Å²) in [6, 6.07) is 4.34. The summed E-state index contributed by atoms with van der Waals surface area (Å²) < 4.78 is 0. The van der Waals surface area contributed by atoms with E-state index in [-0.39, 0.29) is 10.9 Å². The first-order valence-electron chi connectivity index (χ1n) is 6.42. The third kappa shape index (κ3) is 3.86. The van der Waals surface area contributed by atoms with Gasteiger partial charge in [0.15, 0.2) is 0 Å². The van der Waals surface area contributed by atoms with Gasteiger partial charge in [0.25, 0.3) is 10.9 Å². The largest absolute Gasteiger partial charge is 0.334 e. The molecule has 0 spiro atoms. The molecular weight excluding hydrogens is 300 g/mol. The first-order chi connectivity index (χ1) is 9.58. The third-order valence-electron chi connectivity index (χ3n) is 3.21. The highest BCUT2D eigenvalue weighted by molar-refractivity contribution is 8.12. The van der Waals surface area contributed by atoms with E-state index in [0.29, 0.717) is 10.8 Å². The second-order valence-electron chi connectivity index (χ2n) is 4.64. The van der Waals surface area contributed by atoms with Crippen molar-refractivity contribution >= 4 is 34.3 Å². The average molecular weight is 315 g/mol. The molecule has 5 nitrogen and oxygen atoms in total. The molecule has 7 heteroatoms. The fraction of sp³-hybridized carbons (Fsp3) is 0.462. The monoisotopic (exact) mass is 314 g/mol. The number of piperidine rings is 1. The molecule has 2 rings (SSSR count). The van der Waals surface area contributed by atoms with E-state index in [2.05, 4.69) is 0 Å². The third-order valence-corrected chi connectivity index (χ3v) is 4.53. The quantitative estimate of drug-likeness (QED) is 0.622. The Balaban J connectivity index is 1.93. The van der Waals surface area contributed by atoms with Crippen LogP contribution >= 0.6 is 23.4 Å². The van der Waals surface area contributed by atoms with E-state index in [9.17, 15) is 14.9 Å². The molecule has 0 radical (unpaired) electrons. The van der Waals surface area contributed by atoms with Crippen LogP contribution in [0.25, 0.3) is 0 Å². The van der Waals surface area contributed by atoms with Crippen molar-refractivity contribution in [2.24, 2.45) is 0 Å². The normalized spacial score (nSPS) is 15.2. The standard InChI is InChI=1S/C13H15ClN2O3S/c14-12-8-11(16(18)19)5-4-10(12)9-20-13(17)15-6-2-1-3-7-15/h4-5,8H,1-3,6-7,9H2. The minimum Gasteiger partial charge on any atom is -0.334 e. The summed E-state index contributed by atoms with van der Waals surface area (Å²) in [7, 11) is 0. The van der Waals surface area contributed by atoms with Gasteiger partial charge in [0.1, 0.15) is 0 Å². The zero-order chi connectivity index (χ0) is 14.5. The number of amides is 1. The van der Waals surface area contributed by atoms with E-state index in [0.717, 1.165) is 31.5 Å². The van der Waals surface area contributed by atoms with E-state index in [1.54, 1.807) is 6.07 Å². The predicted octanol–water partition coefficient (Wildman–Crippen LogP) is 4.09. The summed E-state index contributed by atoms with van der Waals surface area (Å²) in [4.78, 5) is 24.0. The molecule has 0 unspecified atom stereocenters. The number of nitro groups is 1. The number of hydrogen-bond acceptors (Lipinski definition) is 4. The molecule has 1 aromatic rings. The van der Waals surface area contributed by atoms with Crippen LogP contribution < -0.4 is 0 Å². The van der Waals surface area contributed by atoms with Crippen LogP contribution in [-0.4, -0.2) is 28.2 Å². The zero-order valence-electron chi connectivity index (χ0n) is 10.9. The summed E-state index contributed by atoms with van der Waals surface area (Å²) in [5, 5.41) is 11.0. The Kier molecular flexibility index (Phi) is 5.25. The number of carbonyl (C=O) groups excluding carboxylic acids is 1. The van der Waals surface area contributed by atoms with Crippen molar-refractivity contribution in [3.05, 3.63) is 38.9 Å². The molecule has 1 aromatic carbocycles. The summed E-state index contributed by atoms with van der Waals surface area (Å²) >= 11 is 7.20. The number of rotatable bonds is 3. The second-order valence-corrected chi connectivity index (χ2v) is 5.97. The van der Waals surface area contributed by atoms with Crippen molar-refractivity contribution < 1.29 is 9.72 Å². The van der Waals surface area contributed by atoms with Gasteiger partial charge in [-0.1, -0.05) is 23.4 Å². The van der Waals surface area contributed by atoms with E-state index < -0.39 is 4.92 Å². The average Bonchev–Trinajstić information content (AvgIpc) is 2.46. The first-order valence-corrected chi connectivity index (χ1v) is 7.79. The van der Waals surface area contributed by atoms with Crippen LogP contribution in [0.1, 0.15) is 24.8 Å². The van der Waals surface area contributed by atoms with Gasteiger partial charge in [-0.2, -0.15) is 0 Å². The summed E-state index contributed by atoms with van der Waals surface area (Å²) in [6.07, 6.45) is 3.30. The SMILES string of the molecule is O=C(SCc1ccc([N+](=O)[O-])cc1Cl)N1CCCCC1. The Labute approximate surface area is 126 Å². The summed E-state index contributed by atoms with van der Waals surface area (Å²) in [5.41, 5.74) is 0.707. The van der Waals surface area contributed by atoms with E-state index >= 15 is 0 Å². The highest BCUT2D eigenvalue weighted by Gasteiger charge is 2.17. The lowest BCUT2D eigenvalue weighted by Gasteiger charge is -2.26. The van der Waals surface area contributed by atoms with Crippen LogP contribution in [0.5, 0.6) is 0 Å². The number of thioether (sulfide) groups is 1. The number of likely N-dealkylation sites (tertiary alicyclic amines) is 1. The van der Waals surface area contributed by atoms with Gasteiger partial charge in [-0.05, 0) is 30.9 Å². The fourth-order valence-corrected chi connectivity index (χ4v) is 3.29. The van der Waals surface area contributed by atoms with Crippen LogP contribution in [0.4, 0.5) is 10.5 Å². The number of halogens is 1. The van der Waals surface area contributed by atoms with Gasteiger partial charge in [0.05, 0.1) is 9.95 Å². The number of benzene rings is 1. The lowest BCUT2D eigenvalue weighted by Crippen LogP contribution is -2.32. The number of nitrogens with zero attached hydrogens (tertiary/aromatic N) is 2. The van der Waals surface area contributed by atoms with Crippen molar-refractivity contribution in [1.82, 2.24) is 4.90 Å². The second kappa shape index (κ2) is 6.95.